The zero-order valence-corrected chi connectivity index (χ0v) is 10.8. The van der Waals surface area contributed by atoms with E-state index >= 15 is 0 Å². The molecule has 0 saturated heterocycles. The number of rotatable bonds is 2. The van der Waals surface area contributed by atoms with Crippen LogP contribution in [0, 0.1) is 6.92 Å². The zero-order valence-electron chi connectivity index (χ0n) is 8.33. The first-order chi connectivity index (χ1) is 6.36. The molecule has 0 aliphatic rings. The van der Waals surface area contributed by atoms with Crippen LogP contribution in [0.5, 0.6) is 0 Å². The van der Waals surface area contributed by atoms with E-state index in [0.29, 0.717) is 0 Å². The molecule has 0 heterocycles. The number of hydrogen-bond acceptors (Lipinski definition) is 0. The van der Waals surface area contributed by atoms with Crippen LogP contribution in [-0.2, 0) is 32.6 Å². The van der Waals surface area contributed by atoms with Crippen LogP contribution in [0.2, 0.25) is 0 Å². The Morgan fingerprint density at radius 2 is 1.71 bits per heavy atom. The van der Waals surface area contributed by atoms with Gasteiger partial charge < -0.3 is 0 Å². The van der Waals surface area contributed by atoms with Crippen molar-refractivity contribution in [1.29, 1.82) is 0 Å². The van der Waals surface area contributed by atoms with Crippen molar-refractivity contribution < 1.29 is 26.2 Å². The van der Waals surface area contributed by atoms with Crippen molar-refractivity contribution in [2.45, 2.75) is 13.3 Å². The quantitative estimate of drug-likeness (QED) is 0.727. The summed E-state index contributed by atoms with van der Waals surface area (Å²) in [4.78, 5) is 0. The van der Waals surface area contributed by atoms with Crippen LogP contribution < -0.4 is 0 Å². The van der Waals surface area contributed by atoms with Crippen molar-refractivity contribution in [1.82, 2.24) is 0 Å². The van der Waals surface area contributed by atoms with E-state index in [4.69, 9.17) is 0 Å². The molecule has 0 spiro atoms. The van der Waals surface area contributed by atoms with Crippen LogP contribution in [-0.4, -0.2) is 0 Å². The van der Waals surface area contributed by atoms with Gasteiger partial charge in [0.25, 0.3) is 0 Å². The maximum absolute atomic E-state index is 2.20. The molecule has 0 unspecified atom stereocenters. The van der Waals surface area contributed by atoms with Gasteiger partial charge in [0.05, 0.1) is 0 Å². The molecule has 0 nitrogen and oxygen atoms in total. The summed E-state index contributed by atoms with van der Waals surface area (Å²) in [6, 6.07) is 17.1. The largest absolute Gasteiger partial charge is 0.213 e. The summed E-state index contributed by atoms with van der Waals surface area (Å²) in [7, 11) is 0. The minimum absolute atomic E-state index is 0. The number of aryl methyl sites for hydroxylation is 1. The molecule has 0 radical (unpaired) electrons. The van der Waals surface area contributed by atoms with Crippen LogP contribution in [0.15, 0.2) is 48.5 Å². The predicted molar refractivity (Wildman–Crippen MR) is 56.0 cm³/mol. The fraction of sp³-hybridized carbons (Fsp3) is 0.154. The van der Waals surface area contributed by atoms with Gasteiger partial charge in [-0.3, -0.25) is 0 Å². The van der Waals surface area contributed by atoms with Crippen LogP contribution in [0.4, 0.5) is 0 Å². The van der Waals surface area contributed by atoms with Crippen LogP contribution >= 0.6 is 0 Å². The normalized spacial score (nSPS) is 9.50. The van der Waals surface area contributed by atoms with Gasteiger partial charge in [-0.1, -0.05) is 42.8 Å². The number of benzene rings is 1. The Morgan fingerprint density at radius 3 is 2.29 bits per heavy atom. The van der Waals surface area contributed by atoms with E-state index in [1.807, 2.05) is 0 Å². The first-order valence-corrected chi connectivity index (χ1v) is 4.61. The summed E-state index contributed by atoms with van der Waals surface area (Å²) in [6.45, 7) is 2.16. The third-order valence-corrected chi connectivity index (χ3v) is 2.39. The predicted octanol–water partition coefficient (Wildman–Crippen LogP) is 3.30. The Morgan fingerprint density at radius 1 is 1.00 bits per heavy atom. The Bertz CT molecular complexity index is 373. The summed E-state index contributed by atoms with van der Waals surface area (Å²) in [6.07, 6.45) is 1.06. The van der Waals surface area contributed by atoms with Gasteiger partial charge in [-0.25, -0.2) is 12.1 Å². The topological polar surface area (TPSA) is 0 Å². The maximum atomic E-state index is 2.20. The molecule has 0 amide bonds. The molecule has 0 aliphatic heterocycles. The summed E-state index contributed by atoms with van der Waals surface area (Å²) >= 11 is 0. The molecular weight excluding hydrogens is 247 g/mol. The molecular formula is C13H13Zr-. The second-order valence-corrected chi connectivity index (χ2v) is 3.40. The molecule has 1 heteroatoms. The van der Waals surface area contributed by atoms with Crippen LogP contribution in [0.25, 0.3) is 0 Å². The van der Waals surface area contributed by atoms with Gasteiger partial charge in [-0.2, -0.15) is 17.2 Å². The van der Waals surface area contributed by atoms with E-state index < -0.39 is 0 Å². The molecule has 0 fully saturated rings. The third kappa shape index (κ3) is 2.72. The van der Waals surface area contributed by atoms with Crippen LogP contribution in [0.1, 0.15) is 16.7 Å². The molecule has 0 atom stereocenters. The molecule has 2 rings (SSSR count). The number of hydrogen-bond donors (Lipinski definition) is 0. The van der Waals surface area contributed by atoms with E-state index in [1.165, 1.54) is 16.7 Å². The Kier molecular flexibility index (Phi) is 4.42. The van der Waals surface area contributed by atoms with E-state index in [0.717, 1.165) is 6.42 Å². The van der Waals surface area contributed by atoms with Crippen molar-refractivity contribution in [2.24, 2.45) is 0 Å². The SMILES string of the molecule is Cc1ccc[c-]1Cc1ccccc1.[Zr]. The second kappa shape index (κ2) is 5.36. The molecule has 2 aromatic carbocycles. The average molecular weight is 260 g/mol. The van der Waals surface area contributed by atoms with Gasteiger partial charge in [0, 0.05) is 26.2 Å². The minimum atomic E-state index is 0. The Labute approximate surface area is 104 Å². The minimum Gasteiger partial charge on any atom is -0.213 e. The molecule has 0 aromatic heterocycles. The third-order valence-electron chi connectivity index (χ3n) is 2.39. The monoisotopic (exact) mass is 259 g/mol. The molecule has 0 N–H and O–H groups in total. The smallest absolute Gasteiger partial charge is 0 e. The first-order valence-electron chi connectivity index (χ1n) is 4.61. The molecule has 0 aliphatic carbocycles. The van der Waals surface area contributed by atoms with Crippen molar-refractivity contribution in [3.8, 4) is 0 Å². The standard InChI is InChI=1S/C13H13.Zr/c1-11-6-5-9-13(11)10-12-7-3-2-4-8-12;/h2-9H,10H2,1H3;/q-1;. The van der Waals surface area contributed by atoms with Gasteiger partial charge in [-0.05, 0) is 6.42 Å². The van der Waals surface area contributed by atoms with Gasteiger partial charge in [0.15, 0.2) is 0 Å². The van der Waals surface area contributed by atoms with E-state index in [9.17, 15) is 0 Å². The summed E-state index contributed by atoms with van der Waals surface area (Å²) < 4.78 is 0. The summed E-state index contributed by atoms with van der Waals surface area (Å²) in [5.74, 6) is 0. The molecule has 14 heavy (non-hydrogen) atoms. The molecule has 0 saturated carbocycles. The molecule has 0 bridgehead atoms. The fourth-order valence-electron chi connectivity index (χ4n) is 1.56. The second-order valence-electron chi connectivity index (χ2n) is 3.40. The summed E-state index contributed by atoms with van der Waals surface area (Å²) in [5.41, 5.74) is 4.21. The average Bonchev–Trinajstić information content (AvgIpc) is 2.54. The van der Waals surface area contributed by atoms with Crippen molar-refractivity contribution in [2.75, 3.05) is 0 Å². The van der Waals surface area contributed by atoms with Gasteiger partial charge >= 0.3 is 0 Å². The van der Waals surface area contributed by atoms with E-state index in [2.05, 4.69) is 55.5 Å². The first kappa shape index (κ1) is 11.5. The molecule has 2 aromatic rings. The van der Waals surface area contributed by atoms with Crippen molar-refractivity contribution in [3.63, 3.8) is 0 Å². The van der Waals surface area contributed by atoms with Crippen LogP contribution in [0.3, 0.4) is 0 Å². The van der Waals surface area contributed by atoms with Crippen molar-refractivity contribution in [3.05, 3.63) is 65.2 Å². The van der Waals surface area contributed by atoms with Gasteiger partial charge in [-0.15, -0.1) is 0 Å². The zero-order chi connectivity index (χ0) is 9.10. The van der Waals surface area contributed by atoms with E-state index in [1.54, 1.807) is 0 Å². The summed E-state index contributed by atoms with van der Waals surface area (Å²) in [5, 5.41) is 0. The Balaban J connectivity index is 0.000000980. The van der Waals surface area contributed by atoms with Gasteiger partial charge in [0.2, 0.25) is 0 Å². The fourth-order valence-corrected chi connectivity index (χ4v) is 1.56. The van der Waals surface area contributed by atoms with E-state index in [-0.39, 0.29) is 26.2 Å². The Hall–Kier alpha value is -0.547. The maximum Gasteiger partial charge on any atom is 0 e. The van der Waals surface area contributed by atoms with Crippen molar-refractivity contribution >= 4 is 0 Å². The van der Waals surface area contributed by atoms with Gasteiger partial charge in [0.1, 0.15) is 0 Å². The molecule has 70 valence electrons.